The van der Waals surface area contributed by atoms with E-state index in [1.165, 1.54) is 141 Å². The van der Waals surface area contributed by atoms with Crippen LogP contribution in [0.15, 0.2) is 109 Å². The first-order chi connectivity index (χ1) is 31.7. The first-order valence-corrected chi connectivity index (χ1v) is 26.4. The first-order valence-electron chi connectivity index (χ1n) is 26.4. The highest BCUT2D eigenvalue weighted by Crippen LogP contribution is 2.38. The van der Waals surface area contributed by atoms with E-state index in [4.69, 9.17) is 18.9 Å². The summed E-state index contributed by atoms with van der Waals surface area (Å²) in [5, 5.41) is 0. The number of unbranched alkanes of at least 4 members (excludes halogenated alkanes) is 8. The van der Waals surface area contributed by atoms with Crippen molar-refractivity contribution >= 4 is 0 Å². The highest BCUT2D eigenvalue weighted by atomic mass is 16.5. The van der Waals surface area contributed by atoms with E-state index in [0.717, 1.165) is 83.5 Å². The van der Waals surface area contributed by atoms with Gasteiger partial charge in [0, 0.05) is 0 Å². The normalized spacial score (nSPS) is 19.8. The van der Waals surface area contributed by atoms with Crippen LogP contribution in [0.2, 0.25) is 0 Å². The molecule has 0 heterocycles. The van der Waals surface area contributed by atoms with Gasteiger partial charge in [0.2, 0.25) is 0 Å². The second-order valence-corrected chi connectivity index (χ2v) is 19.7. The average molecular weight is 871 g/mol. The molecule has 4 aromatic carbocycles. The quantitative estimate of drug-likeness (QED) is 0.0472. The molecule has 2 aliphatic carbocycles. The van der Waals surface area contributed by atoms with Crippen molar-refractivity contribution in [1.82, 2.24) is 0 Å². The van der Waals surface area contributed by atoms with Crippen LogP contribution in [0.4, 0.5) is 0 Å². The minimum atomic E-state index is -0.298. The van der Waals surface area contributed by atoms with Gasteiger partial charge in [-0.25, -0.2) is 0 Å². The van der Waals surface area contributed by atoms with Crippen LogP contribution in [0, 0.1) is 23.7 Å². The Morgan fingerprint density at radius 2 is 0.703 bits per heavy atom. The van der Waals surface area contributed by atoms with E-state index in [1.54, 1.807) is 0 Å². The number of ether oxygens (including phenoxy) is 4. The third kappa shape index (κ3) is 18.4. The maximum atomic E-state index is 6.83. The summed E-state index contributed by atoms with van der Waals surface area (Å²) in [6.07, 6.45) is 32.7. The summed E-state index contributed by atoms with van der Waals surface area (Å²) in [5.74, 6) is 5.60. The molecule has 2 saturated carbocycles. The maximum Gasteiger partial charge on any atom is 0.119 e. The SMILES string of the molecule is CCCCCCCC1CCC(CCCOc2ccc(COC(c3ccccc3)C(OCc3ccc(OCCCC4CCC(CCCCCCC)CC4)cc3)c3ccccc3)cc2)CC1. The Morgan fingerprint density at radius 3 is 1.05 bits per heavy atom. The molecule has 0 saturated heterocycles. The van der Waals surface area contributed by atoms with E-state index in [-0.39, 0.29) is 12.2 Å². The van der Waals surface area contributed by atoms with Crippen LogP contribution in [-0.4, -0.2) is 13.2 Å². The molecule has 2 aliphatic rings. The van der Waals surface area contributed by atoms with E-state index in [0.29, 0.717) is 13.2 Å². The average Bonchev–Trinajstić information content (AvgIpc) is 3.35. The largest absolute Gasteiger partial charge is 0.494 e. The lowest BCUT2D eigenvalue weighted by molar-refractivity contribution is -0.0908. The molecule has 0 radical (unpaired) electrons. The van der Waals surface area contributed by atoms with Crippen molar-refractivity contribution in [3.63, 3.8) is 0 Å². The van der Waals surface area contributed by atoms with E-state index < -0.39 is 0 Å². The highest BCUT2D eigenvalue weighted by molar-refractivity contribution is 5.29. The monoisotopic (exact) mass is 871 g/mol. The van der Waals surface area contributed by atoms with Crippen LogP contribution in [0.5, 0.6) is 11.5 Å². The van der Waals surface area contributed by atoms with Gasteiger partial charge in [-0.3, -0.25) is 0 Å². The fourth-order valence-corrected chi connectivity index (χ4v) is 10.6. The van der Waals surface area contributed by atoms with Crippen molar-refractivity contribution in [2.75, 3.05) is 13.2 Å². The van der Waals surface area contributed by atoms with Gasteiger partial charge in [-0.2, -0.15) is 0 Å². The van der Waals surface area contributed by atoms with E-state index in [1.807, 2.05) is 0 Å². The fourth-order valence-electron chi connectivity index (χ4n) is 10.6. The van der Waals surface area contributed by atoms with Crippen LogP contribution in [0.25, 0.3) is 0 Å². The smallest absolute Gasteiger partial charge is 0.119 e. The summed E-state index contributed by atoms with van der Waals surface area (Å²) in [7, 11) is 0. The molecule has 350 valence electrons. The maximum absolute atomic E-state index is 6.83. The standard InChI is InChI=1S/C60H86O4/c1-3-5-7-9-13-21-49-29-33-51(34-30-49)23-19-45-61-57-41-37-53(38-42-57)47-63-59(55-25-15-11-16-26-55)60(56-27-17-12-18-28-56)64-48-54-39-43-58(44-40-54)62-46-20-24-52-35-31-50(32-36-52)22-14-10-8-6-4-2/h11-12,15-18,25-28,37-44,49-52,59-60H,3-10,13-14,19-24,29-36,45-48H2,1-2H3. The Hall–Kier alpha value is -3.60. The summed E-state index contributed by atoms with van der Waals surface area (Å²) in [4.78, 5) is 0. The van der Waals surface area contributed by atoms with Gasteiger partial charge in [-0.15, -0.1) is 0 Å². The predicted molar refractivity (Wildman–Crippen MR) is 268 cm³/mol. The highest BCUT2D eigenvalue weighted by Gasteiger charge is 2.27. The van der Waals surface area contributed by atoms with Gasteiger partial charge in [0.1, 0.15) is 23.7 Å². The predicted octanol–water partition coefficient (Wildman–Crippen LogP) is 17.6. The molecular formula is C60H86O4. The Balaban J connectivity index is 0.924. The Morgan fingerprint density at radius 1 is 0.375 bits per heavy atom. The van der Waals surface area contributed by atoms with Gasteiger partial charge in [-0.05, 0) is 95.9 Å². The van der Waals surface area contributed by atoms with E-state index >= 15 is 0 Å². The molecule has 0 aliphatic heterocycles. The lowest BCUT2D eigenvalue weighted by atomic mass is 9.78. The lowest BCUT2D eigenvalue weighted by Crippen LogP contribution is -2.18. The van der Waals surface area contributed by atoms with Crippen molar-refractivity contribution < 1.29 is 18.9 Å². The van der Waals surface area contributed by atoms with Crippen LogP contribution >= 0.6 is 0 Å². The number of hydrogen-bond acceptors (Lipinski definition) is 4. The summed E-state index contributed by atoms with van der Waals surface area (Å²) in [6, 6.07) is 38.0. The minimum absolute atomic E-state index is 0.298. The molecule has 0 amide bonds. The molecule has 6 rings (SSSR count). The van der Waals surface area contributed by atoms with Gasteiger partial charge in [-0.1, -0.05) is 227 Å². The lowest BCUT2D eigenvalue weighted by Gasteiger charge is -2.29. The van der Waals surface area contributed by atoms with Gasteiger partial charge < -0.3 is 18.9 Å². The van der Waals surface area contributed by atoms with Crippen LogP contribution in [0.3, 0.4) is 0 Å². The van der Waals surface area contributed by atoms with Crippen molar-refractivity contribution in [1.29, 1.82) is 0 Å². The third-order valence-corrected chi connectivity index (χ3v) is 14.7. The molecule has 4 aromatic rings. The molecule has 4 nitrogen and oxygen atoms in total. The molecule has 0 spiro atoms. The first kappa shape index (κ1) is 49.8. The van der Waals surface area contributed by atoms with E-state index in [2.05, 4.69) is 123 Å². The molecule has 0 bridgehead atoms. The summed E-state index contributed by atoms with van der Waals surface area (Å²) in [5.41, 5.74) is 4.44. The number of benzene rings is 4. The van der Waals surface area contributed by atoms with Crippen molar-refractivity contribution in [3.05, 3.63) is 131 Å². The van der Waals surface area contributed by atoms with Crippen LogP contribution in [0.1, 0.15) is 202 Å². The number of hydrogen-bond donors (Lipinski definition) is 0. The van der Waals surface area contributed by atoms with Gasteiger partial charge in [0.25, 0.3) is 0 Å². The molecule has 4 heteroatoms. The van der Waals surface area contributed by atoms with Crippen molar-refractivity contribution in [2.24, 2.45) is 23.7 Å². The topological polar surface area (TPSA) is 36.9 Å². The minimum Gasteiger partial charge on any atom is -0.494 e. The van der Waals surface area contributed by atoms with Crippen LogP contribution in [-0.2, 0) is 22.7 Å². The Kier molecular flexibility index (Phi) is 23.2. The molecule has 0 aromatic heterocycles. The number of rotatable bonds is 31. The Bertz CT molecular complexity index is 1590. The second kappa shape index (κ2) is 29.8. The zero-order chi connectivity index (χ0) is 44.3. The summed E-state index contributed by atoms with van der Waals surface area (Å²) in [6.45, 7) is 7.13. The molecule has 64 heavy (non-hydrogen) atoms. The third-order valence-electron chi connectivity index (χ3n) is 14.7. The second-order valence-electron chi connectivity index (χ2n) is 19.7. The fraction of sp³-hybridized carbons (Fsp3) is 0.600. The zero-order valence-electron chi connectivity index (χ0n) is 40.3. The van der Waals surface area contributed by atoms with Crippen LogP contribution < -0.4 is 9.47 Å². The van der Waals surface area contributed by atoms with Gasteiger partial charge in [0.15, 0.2) is 0 Å². The van der Waals surface area contributed by atoms with Gasteiger partial charge >= 0.3 is 0 Å². The molecule has 2 fully saturated rings. The molecule has 2 atom stereocenters. The molecule has 2 unspecified atom stereocenters. The van der Waals surface area contributed by atoms with Crippen molar-refractivity contribution in [3.8, 4) is 11.5 Å². The van der Waals surface area contributed by atoms with E-state index in [9.17, 15) is 0 Å². The Labute approximate surface area is 390 Å². The molecule has 0 N–H and O–H groups in total. The van der Waals surface area contributed by atoms with Gasteiger partial charge in [0.05, 0.1) is 26.4 Å². The molecular weight excluding hydrogens is 785 g/mol. The zero-order valence-corrected chi connectivity index (χ0v) is 40.3. The summed E-state index contributed by atoms with van der Waals surface area (Å²) < 4.78 is 26.1. The summed E-state index contributed by atoms with van der Waals surface area (Å²) >= 11 is 0. The van der Waals surface area contributed by atoms with Crippen molar-refractivity contribution in [2.45, 2.75) is 193 Å².